The van der Waals surface area contributed by atoms with Crippen molar-refractivity contribution >= 4 is 5.91 Å². The van der Waals surface area contributed by atoms with Crippen molar-refractivity contribution in [2.75, 3.05) is 47.4 Å². The number of amides is 1. The Morgan fingerprint density at radius 1 is 1.31 bits per heavy atom. The van der Waals surface area contributed by atoms with Gasteiger partial charge in [-0.2, -0.15) is 5.10 Å². The number of likely N-dealkylation sites (tertiary alicyclic amines) is 1. The number of nitrogens with one attached hydrogen (secondary N) is 1. The molecule has 140 valence electrons. The molecule has 1 aromatic heterocycles. The summed E-state index contributed by atoms with van der Waals surface area (Å²) in [4.78, 5) is 16.7. The highest BCUT2D eigenvalue weighted by atomic mass is 16.5. The molecule has 0 unspecified atom stereocenters. The second-order valence-electron chi connectivity index (χ2n) is 7.07. The molecule has 0 bridgehead atoms. The van der Waals surface area contributed by atoms with Crippen molar-refractivity contribution in [3.05, 3.63) is 36.0 Å². The van der Waals surface area contributed by atoms with E-state index in [2.05, 4.69) is 15.1 Å². The predicted octanol–water partition coefficient (Wildman–Crippen LogP) is 1.33. The van der Waals surface area contributed by atoms with Crippen LogP contribution < -0.4 is 4.74 Å². The van der Waals surface area contributed by atoms with E-state index in [0.29, 0.717) is 18.8 Å². The number of hydrogen-bond donors (Lipinski definition) is 2. The van der Waals surface area contributed by atoms with Gasteiger partial charge in [-0.25, -0.2) is 0 Å². The van der Waals surface area contributed by atoms with Crippen LogP contribution in [0.25, 0.3) is 11.3 Å². The molecule has 0 radical (unpaired) electrons. The van der Waals surface area contributed by atoms with E-state index in [4.69, 9.17) is 4.74 Å². The van der Waals surface area contributed by atoms with Crippen molar-refractivity contribution in [3.63, 3.8) is 0 Å². The second-order valence-corrected chi connectivity index (χ2v) is 7.07. The Labute approximate surface area is 153 Å². The first-order valence-electron chi connectivity index (χ1n) is 8.76. The number of H-pyrrole nitrogens is 1. The van der Waals surface area contributed by atoms with Gasteiger partial charge in [-0.15, -0.1) is 0 Å². The highest BCUT2D eigenvalue weighted by Gasteiger charge is 2.35. The van der Waals surface area contributed by atoms with Crippen LogP contribution in [-0.2, 0) is 0 Å². The molecule has 1 aromatic carbocycles. The number of hydrogen-bond acceptors (Lipinski definition) is 5. The molecule has 0 saturated carbocycles. The molecule has 0 spiro atoms. The van der Waals surface area contributed by atoms with Gasteiger partial charge >= 0.3 is 0 Å². The summed E-state index contributed by atoms with van der Waals surface area (Å²) in [7, 11) is 5.64. The number of benzene rings is 1. The fourth-order valence-corrected chi connectivity index (χ4v) is 3.50. The number of carbonyl (C=O) groups excluding carboxylic acids is 1. The number of aliphatic hydroxyl groups excluding tert-OH is 1. The quantitative estimate of drug-likeness (QED) is 0.814. The first-order chi connectivity index (χ1) is 12.5. The maximum atomic E-state index is 12.8. The van der Waals surface area contributed by atoms with E-state index >= 15 is 0 Å². The Bertz CT molecular complexity index is 741. The lowest BCUT2D eigenvalue weighted by atomic mass is 9.97. The molecule has 7 nitrogen and oxygen atoms in total. The largest absolute Gasteiger partial charge is 0.497 e. The van der Waals surface area contributed by atoms with Crippen LogP contribution in [0, 0.1) is 11.8 Å². The zero-order valence-corrected chi connectivity index (χ0v) is 15.5. The third kappa shape index (κ3) is 3.89. The number of ether oxygens (including phenoxy) is 1. The van der Waals surface area contributed by atoms with Crippen molar-refractivity contribution in [3.8, 4) is 17.0 Å². The van der Waals surface area contributed by atoms with Gasteiger partial charge in [-0.1, -0.05) is 0 Å². The number of methoxy groups -OCH3 is 1. The van der Waals surface area contributed by atoms with Gasteiger partial charge < -0.3 is 19.6 Å². The number of aliphatic hydroxyl groups is 1. The molecule has 26 heavy (non-hydrogen) atoms. The summed E-state index contributed by atoms with van der Waals surface area (Å²) in [5, 5.41) is 16.8. The Balaban J connectivity index is 1.71. The lowest BCUT2D eigenvalue weighted by molar-refractivity contribution is 0.0773. The number of nitrogens with zero attached hydrogens (tertiary/aromatic N) is 3. The fourth-order valence-electron chi connectivity index (χ4n) is 3.50. The van der Waals surface area contributed by atoms with E-state index in [1.165, 1.54) is 0 Å². The molecule has 1 aliphatic rings. The van der Waals surface area contributed by atoms with Crippen molar-refractivity contribution in [1.29, 1.82) is 0 Å². The summed E-state index contributed by atoms with van der Waals surface area (Å²) >= 11 is 0. The monoisotopic (exact) mass is 358 g/mol. The van der Waals surface area contributed by atoms with Crippen molar-refractivity contribution in [2.45, 2.75) is 0 Å². The zero-order valence-electron chi connectivity index (χ0n) is 15.5. The third-order valence-electron chi connectivity index (χ3n) is 4.89. The summed E-state index contributed by atoms with van der Waals surface area (Å²) in [5.41, 5.74) is 2.11. The van der Waals surface area contributed by atoms with Gasteiger partial charge in [0.1, 0.15) is 11.4 Å². The normalized spacial score (nSPS) is 20.0. The lowest BCUT2D eigenvalue weighted by Crippen LogP contribution is -2.31. The SMILES string of the molecule is COc1ccc(-c2cc(C(=O)N3C[C@@H](CN(C)C)[C@@H](CO)C3)[nH]n2)cc1. The van der Waals surface area contributed by atoms with Gasteiger partial charge in [0.15, 0.2) is 0 Å². The molecule has 0 aliphatic carbocycles. The van der Waals surface area contributed by atoms with Crippen LogP contribution in [0.5, 0.6) is 5.75 Å². The van der Waals surface area contributed by atoms with Gasteiger partial charge in [0.05, 0.1) is 12.8 Å². The average Bonchev–Trinajstić information content (AvgIpc) is 3.28. The van der Waals surface area contributed by atoms with Crippen LogP contribution in [0.3, 0.4) is 0 Å². The first-order valence-corrected chi connectivity index (χ1v) is 8.76. The molecule has 1 saturated heterocycles. The predicted molar refractivity (Wildman–Crippen MR) is 99.1 cm³/mol. The highest BCUT2D eigenvalue weighted by molar-refractivity contribution is 5.93. The van der Waals surface area contributed by atoms with Crippen molar-refractivity contribution < 1.29 is 14.6 Å². The van der Waals surface area contributed by atoms with E-state index in [1.807, 2.05) is 38.4 Å². The Kier molecular flexibility index (Phi) is 5.58. The first kappa shape index (κ1) is 18.4. The van der Waals surface area contributed by atoms with Crippen LogP contribution in [0.1, 0.15) is 10.5 Å². The molecular formula is C19H26N4O3. The molecular weight excluding hydrogens is 332 g/mol. The van der Waals surface area contributed by atoms with E-state index in [1.54, 1.807) is 18.1 Å². The minimum absolute atomic E-state index is 0.0723. The van der Waals surface area contributed by atoms with E-state index in [9.17, 15) is 9.90 Å². The standard InChI is InChI=1S/C19H26N4O3/c1-22(2)9-14-10-23(11-15(14)12-24)19(25)18-8-17(20-21-18)13-4-6-16(26-3)7-5-13/h4-8,14-15,24H,9-12H2,1-3H3,(H,20,21)/t14-,15-/m1/s1. The number of carbonyl (C=O) groups is 1. The lowest BCUT2D eigenvalue weighted by Gasteiger charge is -2.20. The van der Waals surface area contributed by atoms with Crippen LogP contribution >= 0.6 is 0 Å². The summed E-state index contributed by atoms with van der Waals surface area (Å²) < 4.78 is 5.16. The smallest absolute Gasteiger partial charge is 0.271 e. The van der Waals surface area contributed by atoms with Crippen LogP contribution in [0.15, 0.2) is 30.3 Å². The number of aromatic amines is 1. The van der Waals surface area contributed by atoms with Gasteiger partial charge in [0.25, 0.3) is 5.91 Å². The van der Waals surface area contributed by atoms with E-state index in [-0.39, 0.29) is 24.3 Å². The average molecular weight is 358 g/mol. The van der Waals surface area contributed by atoms with Crippen molar-refractivity contribution in [2.24, 2.45) is 11.8 Å². The molecule has 3 rings (SSSR count). The topological polar surface area (TPSA) is 81.7 Å². The molecule has 2 N–H and O–H groups in total. The highest BCUT2D eigenvalue weighted by Crippen LogP contribution is 2.26. The Hall–Kier alpha value is -2.38. The van der Waals surface area contributed by atoms with Crippen LogP contribution in [0.2, 0.25) is 0 Å². The molecule has 7 heteroatoms. The minimum Gasteiger partial charge on any atom is -0.497 e. The second kappa shape index (κ2) is 7.88. The van der Waals surface area contributed by atoms with Crippen LogP contribution in [-0.4, -0.2) is 78.5 Å². The van der Waals surface area contributed by atoms with Gasteiger partial charge in [-0.05, 0) is 50.3 Å². The zero-order chi connectivity index (χ0) is 18.7. The molecule has 1 amide bonds. The minimum atomic E-state index is -0.0723. The molecule has 1 fully saturated rings. The molecule has 1 aliphatic heterocycles. The maximum Gasteiger partial charge on any atom is 0.271 e. The number of rotatable bonds is 6. The van der Waals surface area contributed by atoms with Gasteiger partial charge in [0, 0.05) is 37.7 Å². The Morgan fingerprint density at radius 3 is 2.62 bits per heavy atom. The van der Waals surface area contributed by atoms with E-state index in [0.717, 1.165) is 23.6 Å². The molecule has 2 atom stereocenters. The summed E-state index contributed by atoms with van der Waals surface area (Å²) in [6, 6.07) is 9.33. The van der Waals surface area contributed by atoms with Crippen molar-refractivity contribution in [1.82, 2.24) is 20.0 Å². The third-order valence-corrected chi connectivity index (χ3v) is 4.89. The van der Waals surface area contributed by atoms with Crippen LogP contribution in [0.4, 0.5) is 0 Å². The molecule has 2 heterocycles. The van der Waals surface area contributed by atoms with Gasteiger partial charge in [-0.3, -0.25) is 9.89 Å². The van der Waals surface area contributed by atoms with E-state index < -0.39 is 0 Å². The summed E-state index contributed by atoms with van der Waals surface area (Å²) in [6.07, 6.45) is 0. The fraction of sp³-hybridized carbons (Fsp3) is 0.474. The maximum absolute atomic E-state index is 12.8. The number of aromatic nitrogens is 2. The van der Waals surface area contributed by atoms with Gasteiger partial charge in [0.2, 0.25) is 0 Å². The summed E-state index contributed by atoms with van der Waals surface area (Å²) in [5.74, 6) is 1.10. The molecule has 2 aromatic rings. The Morgan fingerprint density at radius 2 is 2.00 bits per heavy atom. The summed E-state index contributed by atoms with van der Waals surface area (Å²) in [6.45, 7) is 2.18.